The molecule has 1 aromatic rings. The highest BCUT2D eigenvalue weighted by atomic mass is 16.5. The lowest BCUT2D eigenvalue weighted by Gasteiger charge is -2.40. The Morgan fingerprint density at radius 1 is 1.02 bits per heavy atom. The van der Waals surface area contributed by atoms with E-state index in [1.165, 1.54) is 6.42 Å². The van der Waals surface area contributed by atoms with E-state index in [0.29, 0.717) is 45.3 Å². The van der Waals surface area contributed by atoms with Gasteiger partial charge >= 0.3 is 0 Å². The van der Waals surface area contributed by atoms with E-state index in [9.17, 15) is 19.5 Å². The van der Waals surface area contributed by atoms with Crippen LogP contribution >= 0.6 is 0 Å². The normalized spacial score (nSPS) is 30.3. The van der Waals surface area contributed by atoms with Gasteiger partial charge in [0.05, 0.1) is 17.4 Å². The molecule has 3 amide bonds. The lowest BCUT2D eigenvalue weighted by atomic mass is 9.66. The van der Waals surface area contributed by atoms with Crippen molar-refractivity contribution >= 4 is 23.4 Å². The number of hydrogen-bond acceptors (Lipinski definition) is 5. The molecule has 0 radical (unpaired) electrons. The Morgan fingerprint density at radius 2 is 1.74 bits per heavy atom. The number of aliphatic hydroxyl groups excluding tert-OH is 1. The van der Waals surface area contributed by atoms with Gasteiger partial charge in [0.25, 0.3) is 0 Å². The number of hydrogen-bond donors (Lipinski definition) is 1. The summed E-state index contributed by atoms with van der Waals surface area (Å²) < 4.78 is 6.90. The van der Waals surface area contributed by atoms with E-state index in [1.54, 1.807) is 22.0 Å². The minimum Gasteiger partial charge on any atom is -0.396 e. The van der Waals surface area contributed by atoms with Crippen molar-refractivity contribution in [1.29, 1.82) is 0 Å². The van der Waals surface area contributed by atoms with Crippen molar-refractivity contribution in [2.24, 2.45) is 11.8 Å². The number of carbonyl (C=O) groups excluding carboxylic acids is 3. The zero-order valence-electron chi connectivity index (χ0n) is 25.1. The Bertz CT molecular complexity index is 1170. The zero-order chi connectivity index (χ0) is 29.9. The molecule has 1 saturated carbocycles. The standard InChI is InChI=1S/C34H47N3O5/c1-4-21-35(25-15-9-6-10-16-25)30(39)27-28-31(40)37(23-13-8-14-24-38)29(34(28)20-19-33(27,3)42-34)32(41)36(22-5-2)26-17-11-7-12-18-26/h4-6,9-10,15-16,26-29,38H,1-2,7-8,11-14,17-24H2,3H3/t27-,28-,29?,33+,34?/m0/s1. The molecule has 3 aliphatic heterocycles. The topological polar surface area (TPSA) is 90.4 Å². The number of likely N-dealkylation sites (tertiary alicyclic amines) is 1. The number of fused-ring (bicyclic) bond motifs is 1. The third-order valence-corrected chi connectivity index (χ3v) is 10.1. The van der Waals surface area contributed by atoms with Gasteiger partial charge in [0, 0.05) is 38.0 Å². The van der Waals surface area contributed by atoms with Crippen LogP contribution < -0.4 is 4.90 Å². The van der Waals surface area contributed by atoms with E-state index in [0.717, 1.165) is 37.8 Å². The van der Waals surface area contributed by atoms with Crippen molar-refractivity contribution in [3.8, 4) is 0 Å². The summed E-state index contributed by atoms with van der Waals surface area (Å²) in [5.41, 5.74) is -1.15. The number of unbranched alkanes of at least 4 members (excludes halogenated alkanes) is 2. The first kappa shape index (κ1) is 30.5. The lowest BCUT2D eigenvalue weighted by molar-refractivity contribution is -0.153. The van der Waals surface area contributed by atoms with Crippen molar-refractivity contribution in [2.75, 3.05) is 31.1 Å². The second kappa shape index (κ2) is 12.7. The number of benzene rings is 1. The monoisotopic (exact) mass is 577 g/mol. The molecule has 1 aromatic carbocycles. The first-order valence-electron chi connectivity index (χ1n) is 15.8. The average Bonchev–Trinajstić information content (AvgIpc) is 3.57. The maximum atomic E-state index is 14.7. The molecule has 1 N–H and O–H groups in total. The Hall–Kier alpha value is -2.97. The quantitative estimate of drug-likeness (QED) is 0.276. The van der Waals surface area contributed by atoms with Crippen molar-refractivity contribution in [1.82, 2.24) is 9.80 Å². The largest absolute Gasteiger partial charge is 0.396 e. The van der Waals surface area contributed by atoms with Crippen molar-refractivity contribution in [2.45, 2.75) is 94.4 Å². The molecule has 228 valence electrons. The summed E-state index contributed by atoms with van der Waals surface area (Å²) >= 11 is 0. The van der Waals surface area contributed by atoms with Crippen LogP contribution in [0.5, 0.6) is 0 Å². The highest BCUT2D eigenvalue weighted by Crippen LogP contribution is 2.63. The predicted octanol–water partition coefficient (Wildman–Crippen LogP) is 4.48. The molecule has 8 nitrogen and oxygen atoms in total. The molecule has 2 bridgehead atoms. The molecule has 3 heterocycles. The molecule has 3 saturated heterocycles. The molecule has 1 spiro atoms. The van der Waals surface area contributed by atoms with E-state index in [4.69, 9.17) is 4.74 Å². The summed E-state index contributed by atoms with van der Waals surface area (Å²) in [5, 5.41) is 9.34. The first-order valence-corrected chi connectivity index (χ1v) is 15.8. The molecule has 2 unspecified atom stereocenters. The van der Waals surface area contributed by atoms with Crippen LogP contribution in [0.25, 0.3) is 0 Å². The highest BCUT2D eigenvalue weighted by molar-refractivity contribution is 6.03. The third-order valence-electron chi connectivity index (χ3n) is 10.1. The zero-order valence-corrected chi connectivity index (χ0v) is 25.1. The van der Waals surface area contributed by atoms with E-state index in [1.807, 2.05) is 42.2 Å². The molecule has 5 rings (SSSR count). The number of anilines is 1. The van der Waals surface area contributed by atoms with Gasteiger partial charge in [-0.1, -0.05) is 49.6 Å². The van der Waals surface area contributed by atoms with Crippen LogP contribution in [0.1, 0.15) is 71.1 Å². The van der Waals surface area contributed by atoms with Gasteiger partial charge in [-0.05, 0) is 64.0 Å². The summed E-state index contributed by atoms with van der Waals surface area (Å²) in [5.74, 6) is -1.84. The maximum Gasteiger partial charge on any atom is 0.248 e. The summed E-state index contributed by atoms with van der Waals surface area (Å²) in [6, 6.07) is 8.80. The lowest BCUT2D eigenvalue weighted by Crippen LogP contribution is -2.58. The summed E-state index contributed by atoms with van der Waals surface area (Å²) in [6.07, 6.45) is 11.9. The number of ether oxygens (including phenoxy) is 1. The molecule has 1 aliphatic carbocycles. The van der Waals surface area contributed by atoms with Gasteiger partial charge in [0.15, 0.2) is 0 Å². The first-order chi connectivity index (χ1) is 20.3. The molecular weight excluding hydrogens is 530 g/mol. The smallest absolute Gasteiger partial charge is 0.248 e. The summed E-state index contributed by atoms with van der Waals surface area (Å²) in [7, 11) is 0. The Balaban J connectivity index is 1.53. The molecular formula is C34H47N3O5. The van der Waals surface area contributed by atoms with E-state index >= 15 is 0 Å². The SMILES string of the molecule is C=CCN(C(=O)[C@@H]1[C@H]2C(=O)N(CCCCCO)C(C(=O)N(CC=C)C3CCCCC3)C23CC[C@@]1(C)O3)c1ccccc1. The highest BCUT2D eigenvalue weighted by Gasteiger charge is 2.78. The van der Waals surface area contributed by atoms with Crippen LogP contribution in [0, 0.1) is 11.8 Å². The van der Waals surface area contributed by atoms with Gasteiger partial charge in [-0.25, -0.2) is 0 Å². The second-order valence-corrected chi connectivity index (χ2v) is 12.7. The Labute approximate surface area is 250 Å². The van der Waals surface area contributed by atoms with E-state index < -0.39 is 29.1 Å². The van der Waals surface area contributed by atoms with Crippen LogP contribution in [0.4, 0.5) is 5.69 Å². The third kappa shape index (κ3) is 5.21. The van der Waals surface area contributed by atoms with Crippen LogP contribution in [-0.4, -0.2) is 82.2 Å². The van der Waals surface area contributed by atoms with Gasteiger partial charge in [-0.15, -0.1) is 13.2 Å². The van der Waals surface area contributed by atoms with Crippen LogP contribution in [0.3, 0.4) is 0 Å². The average molecular weight is 578 g/mol. The molecule has 8 heteroatoms. The van der Waals surface area contributed by atoms with Gasteiger partial charge in [-0.3, -0.25) is 14.4 Å². The predicted molar refractivity (Wildman–Crippen MR) is 163 cm³/mol. The maximum absolute atomic E-state index is 14.7. The van der Waals surface area contributed by atoms with Gasteiger partial charge in [0.1, 0.15) is 11.6 Å². The minimum absolute atomic E-state index is 0.0804. The fraction of sp³-hybridized carbons (Fsp3) is 0.618. The fourth-order valence-electron chi connectivity index (χ4n) is 8.23. The summed E-state index contributed by atoms with van der Waals surface area (Å²) in [6.45, 7) is 11.0. The van der Waals surface area contributed by atoms with Gasteiger partial charge < -0.3 is 24.5 Å². The second-order valence-electron chi connectivity index (χ2n) is 12.7. The molecule has 4 aliphatic rings. The van der Waals surface area contributed by atoms with Gasteiger partial charge in [0.2, 0.25) is 17.7 Å². The fourth-order valence-corrected chi connectivity index (χ4v) is 8.23. The van der Waals surface area contributed by atoms with Crippen molar-refractivity contribution in [3.63, 3.8) is 0 Å². The molecule has 42 heavy (non-hydrogen) atoms. The van der Waals surface area contributed by atoms with Crippen LogP contribution in [0.15, 0.2) is 55.6 Å². The molecule has 4 fully saturated rings. The number of aliphatic hydroxyl groups is 1. The number of amides is 3. The minimum atomic E-state index is -1.05. The van der Waals surface area contributed by atoms with E-state index in [-0.39, 0.29) is 30.4 Å². The molecule has 0 aromatic heterocycles. The van der Waals surface area contributed by atoms with Crippen LogP contribution in [0.2, 0.25) is 0 Å². The van der Waals surface area contributed by atoms with Gasteiger partial charge in [-0.2, -0.15) is 0 Å². The Morgan fingerprint density at radius 3 is 2.40 bits per heavy atom. The number of para-hydroxylation sites is 1. The molecule has 5 atom stereocenters. The number of rotatable bonds is 13. The van der Waals surface area contributed by atoms with Crippen LogP contribution in [-0.2, 0) is 19.1 Å². The Kier molecular flexibility index (Phi) is 9.23. The number of carbonyl (C=O) groups is 3. The van der Waals surface area contributed by atoms with E-state index in [2.05, 4.69) is 13.2 Å². The van der Waals surface area contributed by atoms with Crippen molar-refractivity contribution in [3.05, 3.63) is 55.6 Å². The number of nitrogens with zero attached hydrogens (tertiary/aromatic N) is 3. The van der Waals surface area contributed by atoms with Crippen molar-refractivity contribution < 1.29 is 24.2 Å². The summed E-state index contributed by atoms with van der Waals surface area (Å²) in [4.78, 5) is 49.0.